The predicted molar refractivity (Wildman–Crippen MR) is 119 cm³/mol. The highest BCUT2D eigenvalue weighted by Crippen LogP contribution is 2.60. The van der Waals surface area contributed by atoms with E-state index in [1.54, 1.807) is 6.92 Å². The van der Waals surface area contributed by atoms with Gasteiger partial charge in [0.05, 0.1) is 6.54 Å². The Morgan fingerprint density at radius 2 is 1.45 bits per heavy atom. The number of hydrogen-bond donors (Lipinski definition) is 1. The van der Waals surface area contributed by atoms with Gasteiger partial charge in [-0.05, 0) is 87.5 Å². The molecular formula is C25H33N3O3. The minimum Gasteiger partial charge on any atom is -0.368 e. The molecule has 1 N–H and O–H groups in total. The van der Waals surface area contributed by atoms with Crippen LogP contribution in [0.4, 0.5) is 5.69 Å². The maximum absolute atomic E-state index is 13.1. The Bertz CT molecular complexity index is 835. The molecule has 2 amide bonds. The number of ketones is 1. The first-order valence-electron chi connectivity index (χ1n) is 11.8. The molecule has 1 aromatic carbocycles. The summed E-state index contributed by atoms with van der Waals surface area (Å²) in [4.78, 5) is 41.4. The molecule has 1 heterocycles. The summed E-state index contributed by atoms with van der Waals surface area (Å²) in [7, 11) is 0. The average molecular weight is 424 g/mol. The molecule has 0 radical (unpaired) electrons. The van der Waals surface area contributed by atoms with Crippen molar-refractivity contribution < 1.29 is 14.4 Å². The van der Waals surface area contributed by atoms with Gasteiger partial charge in [-0.15, -0.1) is 0 Å². The molecule has 166 valence electrons. The first kappa shape index (κ1) is 20.5. The van der Waals surface area contributed by atoms with E-state index >= 15 is 0 Å². The van der Waals surface area contributed by atoms with Crippen molar-refractivity contribution in [2.75, 3.05) is 37.6 Å². The molecule has 31 heavy (non-hydrogen) atoms. The Labute approximate surface area is 184 Å². The standard InChI is InChI=1S/C25H33N3O3/c1-17(29)21-2-4-22(5-3-21)27-6-8-28(9-7-27)23(30)16-26-24(31)25-13-18-10-19(14-25)12-20(11-18)15-25/h2-5,18-20H,6-16H2,1H3,(H,26,31). The van der Waals surface area contributed by atoms with Crippen molar-refractivity contribution >= 4 is 23.3 Å². The van der Waals surface area contributed by atoms with Gasteiger partial charge in [0.1, 0.15) is 0 Å². The maximum atomic E-state index is 13.1. The summed E-state index contributed by atoms with van der Waals surface area (Å²) in [6, 6.07) is 7.66. The van der Waals surface area contributed by atoms with Crippen LogP contribution >= 0.6 is 0 Å². The van der Waals surface area contributed by atoms with Crippen LogP contribution in [-0.2, 0) is 9.59 Å². The Morgan fingerprint density at radius 1 is 0.903 bits per heavy atom. The van der Waals surface area contributed by atoms with Crippen LogP contribution in [0.2, 0.25) is 0 Å². The van der Waals surface area contributed by atoms with Crippen LogP contribution in [0.5, 0.6) is 0 Å². The van der Waals surface area contributed by atoms with Crippen molar-refractivity contribution in [3.8, 4) is 0 Å². The zero-order chi connectivity index (χ0) is 21.6. The van der Waals surface area contributed by atoms with Crippen LogP contribution < -0.4 is 10.2 Å². The van der Waals surface area contributed by atoms with Gasteiger partial charge in [-0.2, -0.15) is 0 Å². The second-order valence-electron chi connectivity index (χ2n) is 10.4. The minimum absolute atomic E-state index is 0.0182. The topological polar surface area (TPSA) is 69.7 Å². The number of hydrogen-bond acceptors (Lipinski definition) is 4. The van der Waals surface area contributed by atoms with Gasteiger partial charge in [0, 0.05) is 42.8 Å². The lowest BCUT2D eigenvalue weighted by Gasteiger charge is -2.55. The van der Waals surface area contributed by atoms with Gasteiger partial charge >= 0.3 is 0 Å². The van der Waals surface area contributed by atoms with Gasteiger partial charge in [0.25, 0.3) is 0 Å². The summed E-state index contributed by atoms with van der Waals surface area (Å²) in [5.74, 6) is 2.40. The third-order valence-electron chi connectivity index (χ3n) is 8.19. The molecule has 6 nitrogen and oxygen atoms in total. The second kappa shape index (κ2) is 7.95. The SMILES string of the molecule is CC(=O)c1ccc(N2CCN(C(=O)CNC(=O)C34CC5CC(CC(C5)C3)C4)CC2)cc1. The molecule has 4 aliphatic carbocycles. The molecule has 0 spiro atoms. The normalized spacial score (nSPS) is 31.6. The van der Waals surface area contributed by atoms with E-state index in [9.17, 15) is 14.4 Å². The van der Waals surface area contributed by atoms with Crippen LogP contribution in [-0.4, -0.2) is 55.2 Å². The van der Waals surface area contributed by atoms with Crippen molar-refractivity contribution in [3.05, 3.63) is 29.8 Å². The van der Waals surface area contributed by atoms with Crippen LogP contribution in [0.1, 0.15) is 55.8 Å². The number of piperazine rings is 1. The Morgan fingerprint density at radius 3 is 1.97 bits per heavy atom. The van der Waals surface area contributed by atoms with E-state index in [4.69, 9.17) is 0 Å². The van der Waals surface area contributed by atoms with Gasteiger partial charge < -0.3 is 15.1 Å². The first-order valence-corrected chi connectivity index (χ1v) is 11.8. The lowest BCUT2D eigenvalue weighted by atomic mass is 9.49. The number of carbonyl (C=O) groups is 3. The van der Waals surface area contributed by atoms with Gasteiger partial charge in [-0.25, -0.2) is 0 Å². The quantitative estimate of drug-likeness (QED) is 0.740. The zero-order valence-corrected chi connectivity index (χ0v) is 18.4. The molecule has 5 aliphatic rings. The van der Waals surface area contributed by atoms with Crippen LogP contribution in [0.15, 0.2) is 24.3 Å². The number of amides is 2. The second-order valence-corrected chi connectivity index (χ2v) is 10.4. The van der Waals surface area contributed by atoms with E-state index in [1.807, 2.05) is 29.2 Å². The Hall–Kier alpha value is -2.37. The summed E-state index contributed by atoms with van der Waals surface area (Å²) in [5, 5.41) is 3.02. The summed E-state index contributed by atoms with van der Waals surface area (Å²) < 4.78 is 0. The number of nitrogens with zero attached hydrogens (tertiary/aromatic N) is 2. The Balaban J connectivity index is 1.11. The number of benzene rings is 1. The van der Waals surface area contributed by atoms with E-state index in [0.29, 0.717) is 18.7 Å². The van der Waals surface area contributed by atoms with Crippen molar-refractivity contribution in [1.82, 2.24) is 10.2 Å². The van der Waals surface area contributed by atoms with E-state index in [0.717, 1.165) is 55.8 Å². The molecule has 1 saturated heterocycles. The minimum atomic E-state index is -0.195. The van der Waals surface area contributed by atoms with Crippen molar-refractivity contribution in [3.63, 3.8) is 0 Å². The molecule has 4 bridgehead atoms. The van der Waals surface area contributed by atoms with Crippen molar-refractivity contribution in [2.45, 2.75) is 45.4 Å². The third kappa shape index (κ3) is 3.97. The number of anilines is 1. The van der Waals surface area contributed by atoms with Crippen molar-refractivity contribution in [2.24, 2.45) is 23.2 Å². The summed E-state index contributed by atoms with van der Waals surface area (Å²) in [5.41, 5.74) is 1.60. The first-order chi connectivity index (χ1) is 14.9. The molecule has 5 fully saturated rings. The smallest absolute Gasteiger partial charge is 0.242 e. The molecule has 6 heteroatoms. The summed E-state index contributed by atoms with van der Waals surface area (Å²) in [6.07, 6.45) is 7.02. The number of nitrogens with one attached hydrogen (secondary N) is 1. The molecule has 0 atom stereocenters. The maximum Gasteiger partial charge on any atom is 0.242 e. The molecular weight excluding hydrogens is 390 g/mol. The molecule has 4 saturated carbocycles. The fourth-order valence-corrected chi connectivity index (χ4v) is 6.96. The van der Waals surface area contributed by atoms with Gasteiger partial charge in [-0.1, -0.05) is 0 Å². The molecule has 0 aromatic heterocycles. The number of rotatable bonds is 5. The molecule has 1 aromatic rings. The largest absolute Gasteiger partial charge is 0.368 e. The van der Waals surface area contributed by atoms with Crippen LogP contribution in [0.3, 0.4) is 0 Å². The zero-order valence-electron chi connectivity index (χ0n) is 18.4. The third-order valence-corrected chi connectivity index (χ3v) is 8.19. The van der Waals surface area contributed by atoms with Gasteiger partial charge in [0.2, 0.25) is 11.8 Å². The Kier molecular flexibility index (Phi) is 5.27. The van der Waals surface area contributed by atoms with Gasteiger partial charge in [-0.3, -0.25) is 14.4 Å². The highest BCUT2D eigenvalue weighted by Gasteiger charge is 2.54. The lowest BCUT2D eigenvalue weighted by Crippen LogP contribution is -2.56. The number of carbonyl (C=O) groups excluding carboxylic acids is 3. The van der Waals surface area contributed by atoms with Crippen molar-refractivity contribution in [1.29, 1.82) is 0 Å². The molecule has 6 rings (SSSR count). The average Bonchev–Trinajstić information content (AvgIpc) is 2.76. The summed E-state index contributed by atoms with van der Waals surface area (Å²) >= 11 is 0. The predicted octanol–water partition coefficient (Wildman–Crippen LogP) is 2.87. The van der Waals surface area contributed by atoms with E-state index in [-0.39, 0.29) is 29.6 Å². The monoisotopic (exact) mass is 423 g/mol. The highest BCUT2D eigenvalue weighted by atomic mass is 16.2. The fraction of sp³-hybridized carbons (Fsp3) is 0.640. The number of Topliss-reactive ketones (excluding diaryl/α,β-unsaturated/α-hetero) is 1. The van der Waals surface area contributed by atoms with Gasteiger partial charge in [0.15, 0.2) is 5.78 Å². The van der Waals surface area contributed by atoms with E-state index in [2.05, 4.69) is 10.2 Å². The molecule has 0 unspecified atom stereocenters. The van der Waals surface area contributed by atoms with E-state index < -0.39 is 0 Å². The van der Waals surface area contributed by atoms with E-state index in [1.165, 1.54) is 19.3 Å². The van der Waals surface area contributed by atoms with Crippen LogP contribution in [0.25, 0.3) is 0 Å². The highest BCUT2D eigenvalue weighted by molar-refractivity contribution is 5.94. The van der Waals surface area contributed by atoms with Crippen LogP contribution in [0, 0.1) is 23.2 Å². The molecule has 1 aliphatic heterocycles. The fourth-order valence-electron chi connectivity index (χ4n) is 6.96. The summed E-state index contributed by atoms with van der Waals surface area (Å²) in [6.45, 7) is 4.51. The lowest BCUT2D eigenvalue weighted by molar-refractivity contribution is -0.148.